The highest BCUT2D eigenvalue weighted by Crippen LogP contribution is 2.20. The molecule has 0 fully saturated rings. The molecule has 0 atom stereocenters. The van der Waals surface area contributed by atoms with Gasteiger partial charge in [-0.25, -0.2) is 0 Å². The van der Waals surface area contributed by atoms with Crippen molar-refractivity contribution in [3.8, 4) is 0 Å². The summed E-state index contributed by atoms with van der Waals surface area (Å²) in [6.07, 6.45) is -4.94. The molecule has 0 aliphatic carbocycles. The minimum absolute atomic E-state index is 0.184. The van der Waals surface area contributed by atoms with Crippen LogP contribution in [-0.2, 0) is 14.4 Å². The lowest BCUT2D eigenvalue weighted by Gasteiger charge is -2.00. The molecule has 0 heterocycles. The molecule has 106 valence electrons. The minimum atomic E-state index is -3.95. The third-order valence-electron chi connectivity index (χ3n) is 1.67. The summed E-state index contributed by atoms with van der Waals surface area (Å²) in [5, 5.41) is 8.14. The van der Waals surface area contributed by atoms with Gasteiger partial charge in [0.2, 0.25) is 0 Å². The van der Waals surface area contributed by atoms with Gasteiger partial charge in [-0.1, -0.05) is 13.8 Å². The molecule has 0 aromatic rings. The molecule has 0 aromatic heterocycles. The Morgan fingerprint density at radius 2 is 1.50 bits per heavy atom. The Hall–Kier alpha value is -1.40. The molecule has 0 amide bonds. The van der Waals surface area contributed by atoms with Gasteiger partial charge in [-0.05, 0) is 6.42 Å². The van der Waals surface area contributed by atoms with Crippen LogP contribution < -0.4 is 0 Å². The number of aliphatic carboxylic acids is 1. The molecule has 1 N–H and O–H groups in total. The van der Waals surface area contributed by atoms with Gasteiger partial charge in [0.25, 0.3) is 0 Å². The zero-order valence-electron chi connectivity index (χ0n) is 10.3. The number of carboxylic acid groups (broad SMARTS) is 1. The number of hydrogen-bond donors (Lipinski definition) is 1. The second-order valence-corrected chi connectivity index (χ2v) is 3.54. The van der Waals surface area contributed by atoms with Gasteiger partial charge in [-0.2, -0.15) is 13.2 Å². The molecule has 0 radical (unpaired) electrons. The summed E-state index contributed by atoms with van der Waals surface area (Å²) in [5.41, 5.74) is 0. The van der Waals surface area contributed by atoms with Gasteiger partial charge in [0, 0.05) is 12.8 Å². The molecule has 0 spiro atoms. The number of alkyl halides is 3. The van der Waals surface area contributed by atoms with Crippen LogP contribution in [0.15, 0.2) is 0 Å². The lowest BCUT2D eigenvalue weighted by atomic mass is 10.1. The van der Waals surface area contributed by atoms with Crippen molar-refractivity contribution in [3.05, 3.63) is 0 Å². The van der Waals surface area contributed by atoms with E-state index in [4.69, 9.17) is 5.11 Å². The van der Waals surface area contributed by atoms with Crippen LogP contribution in [-0.4, -0.2) is 28.8 Å². The first kappa shape index (κ1) is 19.0. The van der Waals surface area contributed by atoms with Crippen molar-refractivity contribution in [2.45, 2.75) is 52.1 Å². The Morgan fingerprint density at radius 1 is 1.00 bits per heavy atom. The minimum Gasteiger partial charge on any atom is -0.481 e. The quantitative estimate of drug-likeness (QED) is 0.753. The monoisotopic (exact) mass is 270 g/mol. The first-order chi connectivity index (χ1) is 8.12. The topological polar surface area (TPSA) is 71.4 Å². The van der Waals surface area contributed by atoms with Gasteiger partial charge < -0.3 is 5.11 Å². The molecule has 0 aliphatic heterocycles. The Balaban J connectivity index is 0. The molecule has 7 heteroatoms. The zero-order valence-corrected chi connectivity index (χ0v) is 10.3. The number of carboxylic acids is 1. The summed E-state index contributed by atoms with van der Waals surface area (Å²) in [5.74, 6) is -1.92. The van der Waals surface area contributed by atoms with Crippen molar-refractivity contribution < 1.29 is 32.7 Å². The van der Waals surface area contributed by atoms with Gasteiger partial charge in [-0.15, -0.1) is 0 Å². The Labute approximate surface area is 103 Å². The first-order valence-corrected chi connectivity index (χ1v) is 5.44. The first-order valence-electron chi connectivity index (χ1n) is 5.44. The lowest BCUT2D eigenvalue weighted by molar-refractivity contribution is -0.140. The van der Waals surface area contributed by atoms with E-state index in [0.29, 0.717) is 0 Å². The fourth-order valence-corrected chi connectivity index (χ4v) is 0.860. The second kappa shape index (κ2) is 9.61. The van der Waals surface area contributed by atoms with Gasteiger partial charge in [0.15, 0.2) is 5.78 Å². The molecule has 4 nitrogen and oxygen atoms in total. The van der Waals surface area contributed by atoms with Crippen molar-refractivity contribution in [2.24, 2.45) is 0 Å². The van der Waals surface area contributed by atoms with Crippen LogP contribution in [0.5, 0.6) is 0 Å². The third-order valence-corrected chi connectivity index (χ3v) is 1.67. The van der Waals surface area contributed by atoms with Crippen molar-refractivity contribution in [1.29, 1.82) is 0 Å². The number of hydrogen-bond acceptors (Lipinski definition) is 3. The van der Waals surface area contributed by atoms with Crippen LogP contribution in [0, 0.1) is 0 Å². The zero-order chi connectivity index (χ0) is 14.8. The predicted octanol–water partition coefficient (Wildman–Crippen LogP) is 2.75. The number of carbonyl (C=O) groups excluding carboxylic acids is 2. The van der Waals surface area contributed by atoms with Crippen LogP contribution in [0.3, 0.4) is 0 Å². The molecular weight excluding hydrogens is 253 g/mol. The summed E-state index contributed by atoms with van der Waals surface area (Å²) in [7, 11) is 0. The number of rotatable bonds is 6. The fourth-order valence-electron chi connectivity index (χ4n) is 0.860. The van der Waals surface area contributed by atoms with E-state index >= 15 is 0 Å². The summed E-state index contributed by atoms with van der Waals surface area (Å²) in [6.45, 7) is 3.14. The highest BCUT2D eigenvalue weighted by Gasteiger charge is 2.24. The highest BCUT2D eigenvalue weighted by molar-refractivity contribution is 6.05. The van der Waals surface area contributed by atoms with Gasteiger partial charge in [0.05, 0.1) is 6.42 Å². The smallest absolute Gasteiger partial charge is 0.389 e. The standard InChI is InChI=1S/C7H10O4.C4H7F3/c1-2-5(8)3-6(9)4-7(10)11;1-2-3-4(5,6)7/h2-4H2,1H3,(H,10,11);2-3H2,1H3. The number of ketones is 2. The normalized spacial score (nSPS) is 10.3. The third kappa shape index (κ3) is 17.0. The molecular formula is C11H17F3O4. The molecule has 18 heavy (non-hydrogen) atoms. The van der Waals surface area contributed by atoms with Crippen LogP contribution in [0.4, 0.5) is 13.2 Å². The van der Waals surface area contributed by atoms with E-state index in [1.165, 1.54) is 6.92 Å². The highest BCUT2D eigenvalue weighted by atomic mass is 19.4. The van der Waals surface area contributed by atoms with Crippen LogP contribution >= 0.6 is 0 Å². The SMILES string of the molecule is CCC(=O)CC(=O)CC(=O)O.CCCC(F)(F)F. The maximum atomic E-state index is 11.1. The largest absolute Gasteiger partial charge is 0.481 e. The van der Waals surface area contributed by atoms with E-state index in [1.807, 2.05) is 0 Å². The van der Waals surface area contributed by atoms with Gasteiger partial charge in [-0.3, -0.25) is 14.4 Å². The molecule has 0 aliphatic rings. The molecule has 0 bridgehead atoms. The Morgan fingerprint density at radius 3 is 1.72 bits per heavy atom. The number of Topliss-reactive ketones (excluding diaryl/α,β-unsaturated/α-hetero) is 2. The summed E-state index contributed by atoms with van der Waals surface area (Å²) in [4.78, 5) is 31.2. The fraction of sp³-hybridized carbons (Fsp3) is 0.727. The van der Waals surface area contributed by atoms with Crippen molar-refractivity contribution in [2.75, 3.05) is 0 Å². The lowest BCUT2D eigenvalue weighted by Crippen LogP contribution is -2.11. The average molecular weight is 270 g/mol. The number of halogens is 3. The Bertz CT molecular complexity index is 285. The molecule has 0 saturated carbocycles. The average Bonchev–Trinajstić information content (AvgIpc) is 2.14. The van der Waals surface area contributed by atoms with E-state index in [-0.39, 0.29) is 25.0 Å². The Kier molecular flexibility index (Phi) is 10.1. The van der Waals surface area contributed by atoms with Crippen molar-refractivity contribution >= 4 is 17.5 Å². The predicted molar refractivity (Wildman–Crippen MR) is 58.1 cm³/mol. The number of carbonyl (C=O) groups is 3. The molecule has 0 aromatic carbocycles. The van der Waals surface area contributed by atoms with Gasteiger partial charge in [0.1, 0.15) is 12.2 Å². The van der Waals surface area contributed by atoms with E-state index < -0.39 is 30.8 Å². The van der Waals surface area contributed by atoms with Gasteiger partial charge >= 0.3 is 12.1 Å². The van der Waals surface area contributed by atoms with Crippen LogP contribution in [0.25, 0.3) is 0 Å². The maximum absolute atomic E-state index is 11.1. The van der Waals surface area contributed by atoms with Crippen LogP contribution in [0.2, 0.25) is 0 Å². The summed E-state index contributed by atoms with van der Waals surface area (Å²) >= 11 is 0. The molecule has 0 unspecified atom stereocenters. The van der Waals surface area contributed by atoms with Crippen LogP contribution in [0.1, 0.15) is 46.0 Å². The summed E-state index contributed by atoms with van der Waals surface area (Å²) in [6, 6.07) is 0. The van der Waals surface area contributed by atoms with E-state index in [0.717, 1.165) is 0 Å². The summed E-state index contributed by atoms with van der Waals surface area (Å²) < 4.78 is 33.2. The molecule has 0 saturated heterocycles. The van der Waals surface area contributed by atoms with Crippen molar-refractivity contribution in [1.82, 2.24) is 0 Å². The van der Waals surface area contributed by atoms with Crippen molar-refractivity contribution in [3.63, 3.8) is 0 Å². The maximum Gasteiger partial charge on any atom is 0.389 e. The molecule has 0 rings (SSSR count). The van der Waals surface area contributed by atoms with E-state index in [2.05, 4.69) is 0 Å². The van der Waals surface area contributed by atoms with E-state index in [1.54, 1.807) is 6.92 Å². The van der Waals surface area contributed by atoms with E-state index in [9.17, 15) is 27.6 Å². The second-order valence-electron chi connectivity index (χ2n) is 3.54.